The van der Waals surface area contributed by atoms with Crippen molar-refractivity contribution in [1.82, 2.24) is 30.4 Å². The largest absolute Gasteiger partial charge is 0.468 e. The zero-order valence-electron chi connectivity index (χ0n) is 17.5. The van der Waals surface area contributed by atoms with Crippen LogP contribution < -0.4 is 5.32 Å². The number of halogens is 1. The molecule has 1 N–H and O–H groups in total. The highest BCUT2D eigenvalue weighted by Crippen LogP contribution is 2.21. The van der Waals surface area contributed by atoms with Crippen molar-refractivity contribution in [2.24, 2.45) is 0 Å². The number of tetrazole rings is 1. The molecule has 0 saturated heterocycles. The van der Waals surface area contributed by atoms with Crippen LogP contribution in [0.25, 0.3) is 11.4 Å². The van der Waals surface area contributed by atoms with Crippen LogP contribution in [0, 0.1) is 0 Å². The monoisotopic (exact) mass is 430 g/mol. The number of nitrogens with one attached hydrogen (secondary N) is 1. The van der Waals surface area contributed by atoms with E-state index in [1.165, 1.54) is 4.80 Å². The van der Waals surface area contributed by atoms with E-state index in [1.54, 1.807) is 18.4 Å². The normalized spacial score (nSPS) is 13.4. The molecule has 0 fully saturated rings. The molecule has 2 aromatic heterocycles. The van der Waals surface area contributed by atoms with E-state index >= 15 is 0 Å². The molecule has 0 bridgehead atoms. The summed E-state index contributed by atoms with van der Waals surface area (Å²) < 4.78 is 5.60. The number of nitrogens with zero attached hydrogens (tertiary/aromatic N) is 5. The highest BCUT2D eigenvalue weighted by Gasteiger charge is 2.26. The number of hydrogen-bond acceptors (Lipinski definition) is 6. The first-order chi connectivity index (χ1) is 14.6. The number of hydrogen-bond donors (Lipinski definition) is 1. The van der Waals surface area contributed by atoms with Gasteiger partial charge in [-0.3, -0.25) is 9.69 Å². The molecule has 30 heavy (non-hydrogen) atoms. The van der Waals surface area contributed by atoms with E-state index in [0.717, 1.165) is 24.4 Å². The first kappa shape index (κ1) is 22.0. The Bertz CT molecular complexity index is 921. The lowest BCUT2D eigenvalue weighted by Crippen LogP contribution is -2.40. The molecule has 2 atom stereocenters. The maximum atomic E-state index is 12.9. The van der Waals surface area contributed by atoms with Crippen LogP contribution in [0.3, 0.4) is 0 Å². The first-order valence-corrected chi connectivity index (χ1v) is 10.6. The second-order valence-electron chi connectivity index (χ2n) is 6.86. The Morgan fingerprint density at radius 2 is 1.93 bits per heavy atom. The molecule has 2 heterocycles. The number of aromatic nitrogens is 4. The van der Waals surface area contributed by atoms with Crippen LogP contribution in [0.2, 0.25) is 5.02 Å². The molecule has 0 aliphatic carbocycles. The van der Waals surface area contributed by atoms with Gasteiger partial charge in [-0.15, -0.1) is 10.2 Å². The maximum Gasteiger partial charge on any atom is 0.246 e. The summed E-state index contributed by atoms with van der Waals surface area (Å²) in [7, 11) is 0. The predicted molar refractivity (Wildman–Crippen MR) is 115 cm³/mol. The molecule has 3 rings (SSSR count). The molecular weight excluding hydrogens is 404 g/mol. The molecule has 3 aromatic rings. The van der Waals surface area contributed by atoms with Crippen LogP contribution >= 0.6 is 11.6 Å². The molecule has 0 radical (unpaired) electrons. The topological polar surface area (TPSA) is 89.1 Å². The van der Waals surface area contributed by atoms with Crippen molar-refractivity contribution >= 4 is 17.5 Å². The second kappa shape index (κ2) is 10.4. The minimum absolute atomic E-state index is 0.0372. The van der Waals surface area contributed by atoms with Crippen molar-refractivity contribution in [2.45, 2.75) is 39.3 Å². The Labute approximate surface area is 181 Å². The smallest absolute Gasteiger partial charge is 0.246 e. The van der Waals surface area contributed by atoms with Crippen LogP contribution in [0.1, 0.15) is 45.0 Å². The lowest BCUT2D eigenvalue weighted by Gasteiger charge is -2.28. The van der Waals surface area contributed by atoms with Gasteiger partial charge in [-0.2, -0.15) is 4.80 Å². The number of carbonyl (C=O) groups excluding carboxylic acids is 1. The summed E-state index contributed by atoms with van der Waals surface area (Å²) in [5.74, 6) is 1.13. The third-order valence-corrected chi connectivity index (χ3v) is 5.35. The zero-order chi connectivity index (χ0) is 21.5. The van der Waals surface area contributed by atoms with Gasteiger partial charge in [0.1, 0.15) is 5.76 Å². The average molecular weight is 431 g/mol. The van der Waals surface area contributed by atoms with E-state index in [-0.39, 0.29) is 11.9 Å². The molecule has 0 aliphatic rings. The molecule has 1 amide bonds. The van der Waals surface area contributed by atoms with Crippen molar-refractivity contribution < 1.29 is 9.21 Å². The van der Waals surface area contributed by atoms with Crippen LogP contribution in [0.4, 0.5) is 0 Å². The Morgan fingerprint density at radius 1 is 1.20 bits per heavy atom. The van der Waals surface area contributed by atoms with Gasteiger partial charge in [0.05, 0.1) is 12.3 Å². The van der Waals surface area contributed by atoms with Gasteiger partial charge in [-0.05, 0) is 61.1 Å². The Balaban J connectivity index is 1.70. The van der Waals surface area contributed by atoms with Crippen LogP contribution in [-0.4, -0.2) is 50.6 Å². The highest BCUT2D eigenvalue weighted by molar-refractivity contribution is 6.30. The first-order valence-electron chi connectivity index (χ1n) is 10.2. The van der Waals surface area contributed by atoms with Crippen molar-refractivity contribution in [3.8, 4) is 11.4 Å². The molecule has 0 spiro atoms. The zero-order valence-corrected chi connectivity index (χ0v) is 18.2. The minimum Gasteiger partial charge on any atom is -0.468 e. The maximum absolute atomic E-state index is 12.9. The number of carbonyl (C=O) groups is 1. The molecule has 160 valence electrons. The number of amides is 1. The van der Waals surface area contributed by atoms with Gasteiger partial charge in [-0.25, -0.2) is 0 Å². The van der Waals surface area contributed by atoms with Crippen LogP contribution in [0.5, 0.6) is 0 Å². The van der Waals surface area contributed by atoms with Crippen molar-refractivity contribution in [3.63, 3.8) is 0 Å². The molecule has 2 unspecified atom stereocenters. The van der Waals surface area contributed by atoms with Crippen LogP contribution in [-0.2, 0) is 4.79 Å². The lowest BCUT2D eigenvalue weighted by molar-refractivity contribution is -0.125. The molecule has 0 aliphatic heterocycles. The van der Waals surface area contributed by atoms with E-state index in [0.29, 0.717) is 23.8 Å². The summed E-state index contributed by atoms with van der Waals surface area (Å²) in [5.41, 5.74) is 0.792. The predicted octanol–water partition coefficient (Wildman–Crippen LogP) is 3.74. The third-order valence-electron chi connectivity index (χ3n) is 5.09. The Hall–Kier alpha value is -2.71. The van der Waals surface area contributed by atoms with Crippen molar-refractivity contribution in [3.05, 3.63) is 53.4 Å². The quantitative estimate of drug-likeness (QED) is 0.527. The summed E-state index contributed by atoms with van der Waals surface area (Å²) in [6.45, 7) is 8.24. The summed E-state index contributed by atoms with van der Waals surface area (Å²) >= 11 is 5.93. The summed E-state index contributed by atoms with van der Waals surface area (Å²) in [6, 6.07) is 10.4. The van der Waals surface area contributed by atoms with Gasteiger partial charge in [0.2, 0.25) is 11.7 Å². The summed E-state index contributed by atoms with van der Waals surface area (Å²) in [6.07, 6.45) is 2.19. The Morgan fingerprint density at radius 3 is 2.53 bits per heavy atom. The summed E-state index contributed by atoms with van der Waals surface area (Å²) in [4.78, 5) is 16.5. The van der Waals surface area contributed by atoms with Gasteiger partial charge >= 0.3 is 0 Å². The van der Waals surface area contributed by atoms with Gasteiger partial charge < -0.3 is 9.73 Å². The fraction of sp³-hybridized carbons (Fsp3) is 0.429. The van der Waals surface area contributed by atoms with E-state index in [4.69, 9.17) is 16.0 Å². The van der Waals surface area contributed by atoms with Crippen molar-refractivity contribution in [2.75, 3.05) is 19.6 Å². The fourth-order valence-corrected chi connectivity index (χ4v) is 3.52. The van der Waals surface area contributed by atoms with Crippen molar-refractivity contribution in [1.29, 1.82) is 0 Å². The van der Waals surface area contributed by atoms with Gasteiger partial charge in [0.15, 0.2) is 6.04 Å². The molecule has 0 saturated carbocycles. The van der Waals surface area contributed by atoms with Gasteiger partial charge in [0.25, 0.3) is 0 Å². The van der Waals surface area contributed by atoms with E-state index < -0.39 is 6.04 Å². The number of rotatable bonds is 10. The van der Waals surface area contributed by atoms with Crippen LogP contribution in [0.15, 0.2) is 47.1 Å². The lowest BCUT2D eigenvalue weighted by atomic mass is 10.1. The molecule has 9 heteroatoms. The highest BCUT2D eigenvalue weighted by atomic mass is 35.5. The van der Waals surface area contributed by atoms with Gasteiger partial charge in [0, 0.05) is 17.1 Å². The van der Waals surface area contributed by atoms with Gasteiger partial charge in [-0.1, -0.05) is 32.4 Å². The molecule has 1 aromatic carbocycles. The minimum atomic E-state index is -0.549. The van der Waals surface area contributed by atoms with E-state index in [9.17, 15) is 4.79 Å². The van der Waals surface area contributed by atoms with E-state index in [1.807, 2.05) is 31.2 Å². The van der Waals surface area contributed by atoms with E-state index in [2.05, 4.69) is 39.5 Å². The Kier molecular flexibility index (Phi) is 7.59. The number of likely N-dealkylation sites (N-methyl/N-ethyl adjacent to an activating group) is 1. The molecule has 8 nitrogen and oxygen atoms in total. The number of furan rings is 1. The standard InChI is InChI=1S/C21H27ClN6O2/c1-4-17(28-25-20(24-26-28)15-9-11-16(22)12-10-15)21(29)23-14-18(27(5-2)6-3)19-8-7-13-30-19/h7-13,17-18H,4-6,14H2,1-3H3,(H,23,29). The molecular formula is C21H27ClN6O2. The SMILES string of the molecule is CCC(C(=O)NCC(c1ccco1)N(CC)CC)n1nnc(-c2ccc(Cl)cc2)n1. The summed E-state index contributed by atoms with van der Waals surface area (Å²) in [5, 5.41) is 16.3. The second-order valence-corrected chi connectivity index (χ2v) is 7.30. The number of benzene rings is 1. The third kappa shape index (κ3) is 5.06. The fourth-order valence-electron chi connectivity index (χ4n) is 3.40. The average Bonchev–Trinajstić information content (AvgIpc) is 3.45.